The number of esters is 2. The summed E-state index contributed by atoms with van der Waals surface area (Å²) in [5.41, 5.74) is 0.843. The van der Waals surface area contributed by atoms with Crippen molar-refractivity contribution in [3.63, 3.8) is 0 Å². The molecule has 0 saturated carbocycles. The molecule has 0 radical (unpaired) electrons. The third-order valence-electron chi connectivity index (χ3n) is 4.67. The highest BCUT2D eigenvalue weighted by Gasteiger charge is 2.28. The predicted molar refractivity (Wildman–Crippen MR) is 120 cm³/mol. The molecule has 2 aromatic carbocycles. The first kappa shape index (κ1) is 25.8. The van der Waals surface area contributed by atoms with Crippen molar-refractivity contribution in [3.05, 3.63) is 53.1 Å². The van der Waals surface area contributed by atoms with Gasteiger partial charge < -0.3 is 19.5 Å². The minimum absolute atomic E-state index is 0.0140. The van der Waals surface area contributed by atoms with Crippen LogP contribution in [0.3, 0.4) is 0 Å². The van der Waals surface area contributed by atoms with Crippen molar-refractivity contribution in [3.8, 4) is 5.75 Å². The van der Waals surface area contributed by atoms with E-state index in [1.807, 2.05) is 0 Å². The molecule has 0 bridgehead atoms. The number of rotatable bonds is 9. The number of hydrogen-bond acceptors (Lipinski definition) is 8. The monoisotopic (exact) mass is 478 g/mol. The number of ether oxygens (including phenoxy) is 3. The van der Waals surface area contributed by atoms with Gasteiger partial charge in [0.15, 0.2) is 0 Å². The van der Waals surface area contributed by atoms with Gasteiger partial charge in [-0.2, -0.15) is 4.31 Å². The van der Waals surface area contributed by atoms with Crippen LogP contribution in [0, 0.1) is 6.92 Å². The van der Waals surface area contributed by atoms with Crippen molar-refractivity contribution in [1.29, 1.82) is 0 Å². The fourth-order valence-electron chi connectivity index (χ4n) is 3.02. The maximum absolute atomic E-state index is 13.2. The van der Waals surface area contributed by atoms with Crippen LogP contribution in [0.15, 0.2) is 41.3 Å². The molecule has 1 amide bonds. The molecule has 0 unspecified atom stereocenters. The number of carbonyl (C=O) groups is 3. The van der Waals surface area contributed by atoms with E-state index in [1.165, 1.54) is 45.6 Å². The van der Waals surface area contributed by atoms with Crippen molar-refractivity contribution in [2.75, 3.05) is 39.7 Å². The highest BCUT2D eigenvalue weighted by molar-refractivity contribution is 7.89. The van der Waals surface area contributed by atoms with E-state index in [1.54, 1.807) is 26.0 Å². The molecule has 33 heavy (non-hydrogen) atoms. The molecule has 0 spiro atoms. The Morgan fingerprint density at radius 1 is 0.939 bits per heavy atom. The molecule has 0 fully saturated rings. The summed E-state index contributed by atoms with van der Waals surface area (Å²) in [6.07, 6.45) is 0. The Morgan fingerprint density at radius 2 is 1.52 bits per heavy atom. The molecule has 2 aromatic rings. The zero-order valence-electron chi connectivity index (χ0n) is 19.0. The zero-order chi connectivity index (χ0) is 24.8. The van der Waals surface area contributed by atoms with E-state index in [9.17, 15) is 22.8 Å². The lowest BCUT2D eigenvalue weighted by Crippen LogP contribution is -2.38. The SMILES string of the molecule is CCN(CC(=O)Nc1cc(C(=O)OC)cc(C(=O)OC)c1)S(=O)(=O)c1cc(C)ccc1OC. The largest absolute Gasteiger partial charge is 0.495 e. The number of hydrogen-bond donors (Lipinski definition) is 1. The minimum Gasteiger partial charge on any atom is -0.495 e. The Morgan fingerprint density at radius 3 is 2.00 bits per heavy atom. The zero-order valence-corrected chi connectivity index (χ0v) is 19.8. The number of anilines is 1. The second-order valence-electron chi connectivity index (χ2n) is 6.92. The average Bonchev–Trinajstić information content (AvgIpc) is 2.80. The van der Waals surface area contributed by atoms with Crippen molar-refractivity contribution >= 4 is 33.6 Å². The average molecular weight is 479 g/mol. The second kappa shape index (κ2) is 10.9. The van der Waals surface area contributed by atoms with Crippen LogP contribution in [0.25, 0.3) is 0 Å². The van der Waals surface area contributed by atoms with Crippen LogP contribution in [0.5, 0.6) is 5.75 Å². The van der Waals surface area contributed by atoms with Gasteiger partial charge >= 0.3 is 11.9 Å². The second-order valence-corrected chi connectivity index (χ2v) is 8.82. The van der Waals surface area contributed by atoms with E-state index >= 15 is 0 Å². The molecule has 0 aromatic heterocycles. The Hall–Kier alpha value is -3.44. The molecule has 178 valence electrons. The molecule has 11 heteroatoms. The first-order chi connectivity index (χ1) is 15.6. The first-order valence-corrected chi connectivity index (χ1v) is 11.3. The third-order valence-corrected chi connectivity index (χ3v) is 6.61. The van der Waals surface area contributed by atoms with Gasteiger partial charge in [-0.25, -0.2) is 18.0 Å². The normalized spacial score (nSPS) is 11.1. The summed E-state index contributed by atoms with van der Waals surface area (Å²) in [5.74, 6) is -1.96. The fraction of sp³-hybridized carbons (Fsp3) is 0.318. The number of aryl methyl sites for hydroxylation is 1. The highest BCUT2D eigenvalue weighted by atomic mass is 32.2. The number of amides is 1. The quantitative estimate of drug-likeness (QED) is 0.544. The smallest absolute Gasteiger partial charge is 0.337 e. The van der Waals surface area contributed by atoms with Gasteiger partial charge in [0.2, 0.25) is 15.9 Å². The summed E-state index contributed by atoms with van der Waals surface area (Å²) in [6, 6.07) is 8.61. The van der Waals surface area contributed by atoms with E-state index in [4.69, 9.17) is 4.74 Å². The van der Waals surface area contributed by atoms with Gasteiger partial charge in [-0.05, 0) is 42.8 Å². The van der Waals surface area contributed by atoms with Crippen LogP contribution in [-0.4, -0.2) is 65.0 Å². The number of benzene rings is 2. The van der Waals surface area contributed by atoms with Crippen molar-refractivity contribution in [2.45, 2.75) is 18.7 Å². The molecule has 10 nitrogen and oxygen atoms in total. The first-order valence-electron chi connectivity index (χ1n) is 9.83. The molecule has 2 rings (SSSR count). The number of methoxy groups -OCH3 is 3. The fourth-order valence-corrected chi connectivity index (χ4v) is 4.67. The molecule has 1 N–H and O–H groups in total. The summed E-state index contributed by atoms with van der Waals surface area (Å²) in [6.45, 7) is 2.85. The maximum atomic E-state index is 13.2. The molecule has 0 saturated heterocycles. The highest BCUT2D eigenvalue weighted by Crippen LogP contribution is 2.27. The van der Waals surface area contributed by atoms with E-state index < -0.39 is 34.4 Å². The molecule has 0 heterocycles. The van der Waals surface area contributed by atoms with Crippen LogP contribution in [0.2, 0.25) is 0 Å². The third kappa shape index (κ3) is 6.08. The molecule has 0 aliphatic heterocycles. The topological polar surface area (TPSA) is 128 Å². The Kier molecular flexibility index (Phi) is 8.55. The Balaban J connectivity index is 2.33. The Labute approximate surface area is 192 Å². The molecular weight excluding hydrogens is 452 g/mol. The van der Waals surface area contributed by atoms with Crippen LogP contribution in [-0.2, 0) is 24.3 Å². The molecule has 0 aliphatic carbocycles. The van der Waals surface area contributed by atoms with Gasteiger partial charge in [0.25, 0.3) is 0 Å². The van der Waals surface area contributed by atoms with E-state index in [2.05, 4.69) is 14.8 Å². The van der Waals surface area contributed by atoms with E-state index in [0.717, 1.165) is 4.31 Å². The van der Waals surface area contributed by atoms with E-state index in [-0.39, 0.29) is 34.0 Å². The number of likely N-dealkylation sites (N-methyl/N-ethyl adjacent to an activating group) is 1. The van der Waals surface area contributed by atoms with Gasteiger partial charge in [0.05, 0.1) is 39.0 Å². The summed E-state index contributed by atoms with van der Waals surface area (Å²) in [7, 11) is -0.343. The molecule has 0 atom stereocenters. The van der Waals surface area contributed by atoms with Crippen molar-refractivity contribution in [1.82, 2.24) is 4.31 Å². The summed E-state index contributed by atoms with van der Waals surface area (Å²) < 4.78 is 41.9. The van der Waals surface area contributed by atoms with Gasteiger partial charge in [-0.1, -0.05) is 13.0 Å². The van der Waals surface area contributed by atoms with E-state index in [0.29, 0.717) is 5.56 Å². The number of nitrogens with one attached hydrogen (secondary N) is 1. The lowest BCUT2D eigenvalue weighted by atomic mass is 10.1. The van der Waals surface area contributed by atoms with Crippen LogP contribution in [0.4, 0.5) is 5.69 Å². The van der Waals surface area contributed by atoms with Crippen molar-refractivity contribution < 1.29 is 37.0 Å². The molecule has 0 aliphatic rings. The number of sulfonamides is 1. The van der Waals surface area contributed by atoms with Crippen LogP contribution in [0.1, 0.15) is 33.2 Å². The Bertz CT molecular complexity index is 1130. The van der Waals surface area contributed by atoms with Gasteiger partial charge in [0, 0.05) is 12.2 Å². The van der Waals surface area contributed by atoms with Crippen LogP contribution < -0.4 is 10.1 Å². The van der Waals surface area contributed by atoms with Crippen molar-refractivity contribution in [2.24, 2.45) is 0 Å². The summed E-state index contributed by atoms with van der Waals surface area (Å²) in [5, 5.41) is 2.52. The number of nitrogens with zero attached hydrogens (tertiary/aromatic N) is 1. The lowest BCUT2D eigenvalue weighted by molar-refractivity contribution is -0.116. The van der Waals surface area contributed by atoms with Gasteiger partial charge in [-0.3, -0.25) is 4.79 Å². The summed E-state index contributed by atoms with van der Waals surface area (Å²) >= 11 is 0. The minimum atomic E-state index is -4.06. The number of carbonyl (C=O) groups excluding carboxylic acids is 3. The molecular formula is C22H26N2O8S. The summed E-state index contributed by atoms with van der Waals surface area (Å²) in [4.78, 5) is 36.5. The predicted octanol–water partition coefficient (Wildman–Crippen LogP) is 2.23. The standard InChI is InChI=1S/C22H26N2O8S/c1-6-24(33(28,29)19-9-14(2)7-8-18(19)30-3)13-20(25)23-17-11-15(21(26)31-4)10-16(12-17)22(27)32-5/h7-12H,6,13H2,1-5H3,(H,23,25). The van der Waals surface area contributed by atoms with Crippen LogP contribution >= 0.6 is 0 Å². The van der Waals surface area contributed by atoms with Gasteiger partial charge in [-0.15, -0.1) is 0 Å². The maximum Gasteiger partial charge on any atom is 0.337 e. The van der Waals surface area contributed by atoms with Gasteiger partial charge in [0.1, 0.15) is 10.6 Å². The lowest BCUT2D eigenvalue weighted by Gasteiger charge is -2.21.